The van der Waals surface area contributed by atoms with Gasteiger partial charge in [0.2, 0.25) is 0 Å². The van der Waals surface area contributed by atoms with E-state index in [4.69, 9.17) is 9.26 Å². The highest BCUT2D eigenvalue weighted by atomic mass is 16.6. The number of aliphatic imine (C=N–C) groups is 1. The summed E-state index contributed by atoms with van der Waals surface area (Å²) in [6, 6.07) is 0. The maximum Gasteiger partial charge on any atom is 0.415 e. The van der Waals surface area contributed by atoms with Crippen LogP contribution < -0.4 is 0 Å². The molecule has 0 spiro atoms. The first-order chi connectivity index (χ1) is 9.92. The van der Waals surface area contributed by atoms with E-state index in [9.17, 15) is 4.79 Å². The van der Waals surface area contributed by atoms with E-state index in [1.807, 2.05) is 20.8 Å². The minimum Gasteiger partial charge on any atom is -0.443 e. The van der Waals surface area contributed by atoms with Gasteiger partial charge in [-0.05, 0) is 39.7 Å². The molecule has 0 unspecified atom stereocenters. The highest BCUT2D eigenvalue weighted by Gasteiger charge is 2.30. The van der Waals surface area contributed by atoms with Crippen LogP contribution in [0.3, 0.4) is 0 Å². The first kappa shape index (κ1) is 13.8. The molecule has 7 heteroatoms. The van der Waals surface area contributed by atoms with E-state index < -0.39 is 11.7 Å². The van der Waals surface area contributed by atoms with Crippen molar-refractivity contribution in [3.63, 3.8) is 0 Å². The van der Waals surface area contributed by atoms with Gasteiger partial charge in [0.15, 0.2) is 5.82 Å². The van der Waals surface area contributed by atoms with E-state index in [1.54, 1.807) is 12.3 Å². The van der Waals surface area contributed by atoms with Crippen molar-refractivity contribution < 1.29 is 14.1 Å². The van der Waals surface area contributed by atoms with Crippen LogP contribution in [0.1, 0.15) is 51.2 Å². The summed E-state index contributed by atoms with van der Waals surface area (Å²) in [5, 5.41) is 3.95. The van der Waals surface area contributed by atoms with Crippen LogP contribution in [0.15, 0.2) is 21.8 Å². The summed E-state index contributed by atoms with van der Waals surface area (Å²) in [5.74, 6) is 1.58. The second kappa shape index (κ2) is 4.98. The minimum absolute atomic E-state index is 0.182. The first-order valence-corrected chi connectivity index (χ1v) is 6.98. The molecule has 1 aromatic heterocycles. The molecule has 0 radical (unpaired) electrons. The summed E-state index contributed by atoms with van der Waals surface area (Å²) in [7, 11) is 0. The normalized spacial score (nSPS) is 18.6. The third-order valence-electron chi connectivity index (χ3n) is 3.04. The molecule has 3 rings (SSSR count). The van der Waals surface area contributed by atoms with Crippen molar-refractivity contribution in [2.24, 2.45) is 4.99 Å². The highest BCUT2D eigenvalue weighted by molar-refractivity contribution is 6.06. The average molecular weight is 290 g/mol. The first-order valence-electron chi connectivity index (χ1n) is 6.98. The number of nitrogens with zero attached hydrogens (tertiary/aromatic N) is 4. The van der Waals surface area contributed by atoms with Gasteiger partial charge < -0.3 is 9.26 Å². The van der Waals surface area contributed by atoms with Crippen molar-refractivity contribution in [1.29, 1.82) is 0 Å². The number of carbonyl (C=O) groups is 1. The van der Waals surface area contributed by atoms with Crippen molar-refractivity contribution in [3.8, 4) is 0 Å². The van der Waals surface area contributed by atoms with Crippen molar-refractivity contribution in [2.45, 2.75) is 45.1 Å². The van der Waals surface area contributed by atoms with Gasteiger partial charge in [0.25, 0.3) is 5.89 Å². The molecule has 0 saturated heterocycles. The van der Waals surface area contributed by atoms with E-state index in [0.717, 1.165) is 18.7 Å². The molecule has 112 valence electrons. The summed E-state index contributed by atoms with van der Waals surface area (Å²) in [4.78, 5) is 21.9. The molecule has 1 fully saturated rings. The smallest absolute Gasteiger partial charge is 0.415 e. The molecule has 21 heavy (non-hydrogen) atoms. The molecule has 1 aromatic rings. The van der Waals surface area contributed by atoms with Gasteiger partial charge in [-0.25, -0.2) is 4.79 Å². The molecule has 1 aliphatic carbocycles. The topological polar surface area (TPSA) is 80.8 Å². The Morgan fingerprint density at radius 3 is 2.76 bits per heavy atom. The Balaban J connectivity index is 1.63. The van der Waals surface area contributed by atoms with Gasteiger partial charge in [-0.3, -0.25) is 9.89 Å². The van der Waals surface area contributed by atoms with Gasteiger partial charge in [-0.2, -0.15) is 4.98 Å². The van der Waals surface area contributed by atoms with Crippen LogP contribution in [-0.4, -0.2) is 39.1 Å². The number of rotatable bonds is 2. The number of ether oxygens (including phenoxy) is 1. The van der Waals surface area contributed by atoms with Crippen LogP contribution in [0.25, 0.3) is 0 Å². The molecule has 2 heterocycles. The SMILES string of the molecule is CC(C)(C)OC(=O)N1C=CC(c2nc(C3CC3)no2)=NC1. The number of allylic oxidation sites excluding steroid dienone is 1. The Morgan fingerprint density at radius 1 is 1.43 bits per heavy atom. The fraction of sp³-hybridized carbons (Fsp3) is 0.571. The van der Waals surface area contributed by atoms with Gasteiger partial charge in [-0.1, -0.05) is 5.16 Å². The third kappa shape index (κ3) is 3.29. The maximum absolute atomic E-state index is 11.9. The van der Waals surface area contributed by atoms with Crippen molar-refractivity contribution in [1.82, 2.24) is 15.0 Å². The number of amides is 1. The Hall–Kier alpha value is -2.18. The lowest BCUT2D eigenvalue weighted by atomic mass is 10.2. The largest absolute Gasteiger partial charge is 0.443 e. The summed E-state index contributed by atoms with van der Waals surface area (Å²) in [5.41, 5.74) is 0.0646. The summed E-state index contributed by atoms with van der Waals surface area (Å²) in [6.07, 6.45) is 5.11. The second-order valence-electron chi connectivity index (χ2n) is 6.18. The van der Waals surface area contributed by atoms with Crippen LogP contribution in [0.2, 0.25) is 0 Å². The lowest BCUT2D eigenvalue weighted by Crippen LogP contribution is -2.35. The zero-order valence-electron chi connectivity index (χ0n) is 12.4. The van der Waals surface area contributed by atoms with Gasteiger partial charge in [0, 0.05) is 12.1 Å². The predicted octanol–water partition coefficient (Wildman–Crippen LogP) is 2.46. The molecule has 0 N–H and O–H groups in total. The fourth-order valence-corrected chi connectivity index (χ4v) is 1.84. The van der Waals surface area contributed by atoms with Gasteiger partial charge in [0.1, 0.15) is 18.0 Å². The van der Waals surface area contributed by atoms with Gasteiger partial charge >= 0.3 is 6.09 Å². The zero-order valence-corrected chi connectivity index (χ0v) is 12.4. The van der Waals surface area contributed by atoms with E-state index in [-0.39, 0.29) is 6.67 Å². The van der Waals surface area contributed by atoms with Crippen molar-refractivity contribution in [3.05, 3.63) is 24.0 Å². The van der Waals surface area contributed by atoms with Crippen LogP contribution >= 0.6 is 0 Å². The number of carbonyl (C=O) groups excluding carboxylic acids is 1. The quantitative estimate of drug-likeness (QED) is 0.835. The van der Waals surface area contributed by atoms with E-state index in [2.05, 4.69) is 15.1 Å². The van der Waals surface area contributed by atoms with Crippen LogP contribution in [0.4, 0.5) is 4.79 Å². The Morgan fingerprint density at radius 2 is 2.19 bits per heavy atom. The zero-order chi connectivity index (χ0) is 15.0. The van der Waals surface area contributed by atoms with Crippen molar-refractivity contribution >= 4 is 11.8 Å². The molecule has 7 nitrogen and oxygen atoms in total. The molecular weight excluding hydrogens is 272 g/mol. The fourth-order valence-electron chi connectivity index (χ4n) is 1.84. The lowest BCUT2D eigenvalue weighted by molar-refractivity contribution is 0.0338. The summed E-state index contributed by atoms with van der Waals surface area (Å²) < 4.78 is 10.5. The van der Waals surface area contributed by atoms with Crippen LogP contribution in [0.5, 0.6) is 0 Å². The minimum atomic E-state index is -0.527. The maximum atomic E-state index is 11.9. The monoisotopic (exact) mass is 290 g/mol. The molecule has 1 amide bonds. The number of aromatic nitrogens is 2. The van der Waals surface area contributed by atoms with Gasteiger partial charge in [0.05, 0.1) is 0 Å². The Labute approximate surface area is 122 Å². The summed E-state index contributed by atoms with van der Waals surface area (Å²) in [6.45, 7) is 5.66. The van der Waals surface area contributed by atoms with Crippen LogP contribution in [0, 0.1) is 0 Å². The molecule has 1 aliphatic heterocycles. The lowest BCUT2D eigenvalue weighted by Gasteiger charge is -2.25. The van der Waals surface area contributed by atoms with E-state index in [1.165, 1.54) is 4.90 Å². The summed E-state index contributed by atoms with van der Waals surface area (Å²) >= 11 is 0. The average Bonchev–Trinajstić information content (AvgIpc) is 3.15. The molecule has 2 aliphatic rings. The molecular formula is C14H18N4O3. The Kier molecular flexibility index (Phi) is 3.27. The Bertz CT molecular complexity index is 608. The molecule has 1 saturated carbocycles. The number of hydrogen-bond donors (Lipinski definition) is 0. The van der Waals surface area contributed by atoms with E-state index >= 15 is 0 Å². The molecule has 0 atom stereocenters. The van der Waals surface area contributed by atoms with E-state index in [0.29, 0.717) is 17.5 Å². The molecule has 0 bridgehead atoms. The molecule has 0 aromatic carbocycles. The van der Waals surface area contributed by atoms with Crippen LogP contribution in [-0.2, 0) is 4.74 Å². The van der Waals surface area contributed by atoms with Crippen molar-refractivity contribution in [2.75, 3.05) is 6.67 Å². The van der Waals surface area contributed by atoms with Gasteiger partial charge in [-0.15, -0.1) is 0 Å². The second-order valence-corrected chi connectivity index (χ2v) is 6.18. The highest BCUT2D eigenvalue weighted by Crippen LogP contribution is 2.38. The predicted molar refractivity (Wildman–Crippen MR) is 74.9 cm³/mol. The standard InChI is InChI=1S/C14H18N4O3/c1-14(2,3)20-13(19)18-7-6-10(15-8-18)12-16-11(17-21-12)9-4-5-9/h6-7,9H,4-5,8H2,1-3H3. The third-order valence-corrected chi connectivity index (χ3v) is 3.04. The number of hydrogen-bond acceptors (Lipinski definition) is 6.